The van der Waals surface area contributed by atoms with Crippen molar-refractivity contribution in [3.8, 4) is 0 Å². The van der Waals surface area contributed by atoms with Gasteiger partial charge < -0.3 is 25.0 Å². The zero-order valence-corrected chi connectivity index (χ0v) is 11.1. The Balaban J connectivity index is 0.00000180. The number of aliphatic hydroxyl groups is 3. The van der Waals surface area contributed by atoms with Crippen LogP contribution in [0.3, 0.4) is 0 Å². The van der Waals surface area contributed by atoms with E-state index in [2.05, 4.69) is 4.98 Å². The lowest BCUT2D eigenvalue weighted by molar-refractivity contribution is -0.0867. The fraction of sp³-hybridized carbons (Fsp3) is 0.600. The third-order valence-electron chi connectivity index (χ3n) is 3.20. The van der Waals surface area contributed by atoms with Gasteiger partial charge in [-0.1, -0.05) is 0 Å². The molecule has 0 unspecified atom stereocenters. The first-order chi connectivity index (χ1) is 8.40. The molecule has 4 atom stereocenters. The molecular weight excluding hydrogens is 276 g/mol. The molecule has 5 N–H and O–H groups in total. The average Bonchev–Trinajstić information content (AvgIpc) is 2.54. The maximum atomic E-state index is 11.7. The van der Waals surface area contributed by atoms with Gasteiger partial charge in [0.25, 0.3) is 5.56 Å². The molecule has 0 spiro atoms. The van der Waals surface area contributed by atoms with Crippen LogP contribution in [0, 0.1) is 0 Å². The molecule has 19 heavy (non-hydrogen) atoms. The highest BCUT2D eigenvalue weighted by molar-refractivity contribution is 7.59. The summed E-state index contributed by atoms with van der Waals surface area (Å²) in [5.41, 5.74) is -2.92. The second-order valence-corrected chi connectivity index (χ2v) is 4.37. The van der Waals surface area contributed by atoms with Gasteiger partial charge in [0.1, 0.15) is 23.9 Å². The van der Waals surface area contributed by atoms with E-state index >= 15 is 0 Å². The van der Waals surface area contributed by atoms with Gasteiger partial charge in [-0.3, -0.25) is 9.78 Å². The first kappa shape index (κ1) is 15.9. The summed E-state index contributed by atoms with van der Waals surface area (Å²) >= 11 is 0. The molecule has 1 aliphatic heterocycles. The predicted molar refractivity (Wildman–Crippen MR) is 69.4 cm³/mol. The number of aromatic nitrogens is 2. The average molecular weight is 292 g/mol. The lowest BCUT2D eigenvalue weighted by Crippen LogP contribution is -2.43. The molecule has 0 radical (unpaired) electrons. The van der Waals surface area contributed by atoms with E-state index in [9.17, 15) is 19.8 Å². The summed E-state index contributed by atoms with van der Waals surface area (Å²) in [5.74, 6) is 0. The van der Waals surface area contributed by atoms with Gasteiger partial charge in [0.2, 0.25) is 0 Å². The molecule has 1 aliphatic rings. The van der Waals surface area contributed by atoms with Crippen LogP contribution < -0.4 is 11.2 Å². The fourth-order valence-corrected chi connectivity index (χ4v) is 2.13. The van der Waals surface area contributed by atoms with Gasteiger partial charge in [0.15, 0.2) is 0 Å². The Hall–Kier alpha value is -1.13. The molecule has 2 heterocycles. The first-order valence-corrected chi connectivity index (χ1v) is 5.37. The molecule has 0 aromatic carbocycles. The first-order valence-electron chi connectivity index (χ1n) is 5.37. The Labute approximate surface area is 114 Å². The van der Waals surface area contributed by atoms with Crippen molar-refractivity contribution < 1.29 is 20.1 Å². The molecule has 0 aliphatic carbocycles. The van der Waals surface area contributed by atoms with Gasteiger partial charge in [0, 0.05) is 6.20 Å². The minimum Gasteiger partial charge on any atom is -0.394 e. The van der Waals surface area contributed by atoms with Crippen LogP contribution in [0.1, 0.15) is 12.5 Å². The molecule has 8 nitrogen and oxygen atoms in total. The van der Waals surface area contributed by atoms with Crippen LogP contribution in [-0.4, -0.2) is 50.2 Å². The highest BCUT2D eigenvalue weighted by Gasteiger charge is 2.53. The maximum Gasteiger partial charge on any atom is 0.325 e. The van der Waals surface area contributed by atoms with E-state index in [-0.39, 0.29) is 19.1 Å². The summed E-state index contributed by atoms with van der Waals surface area (Å²) in [4.78, 5) is 26.9. The Morgan fingerprint density at radius 2 is 2.05 bits per heavy atom. The molecule has 2 rings (SSSR count). The summed E-state index contributed by atoms with van der Waals surface area (Å²) in [6, 6.07) is 0. The number of aromatic amines is 2. The van der Waals surface area contributed by atoms with Gasteiger partial charge in [-0.05, 0) is 6.92 Å². The van der Waals surface area contributed by atoms with Crippen molar-refractivity contribution in [3.05, 3.63) is 32.6 Å². The van der Waals surface area contributed by atoms with Crippen LogP contribution in [0.5, 0.6) is 0 Å². The molecule has 0 saturated carbocycles. The fourth-order valence-electron chi connectivity index (χ4n) is 2.13. The van der Waals surface area contributed by atoms with Crippen molar-refractivity contribution in [2.45, 2.75) is 30.8 Å². The Morgan fingerprint density at radius 3 is 2.53 bits per heavy atom. The quantitative estimate of drug-likeness (QED) is 0.409. The molecule has 9 heteroatoms. The normalized spacial score (nSPS) is 34.0. The zero-order chi connectivity index (χ0) is 13.5. The zero-order valence-electron chi connectivity index (χ0n) is 10.1. The third kappa shape index (κ3) is 2.47. The smallest absolute Gasteiger partial charge is 0.325 e. The number of ether oxygens (including phenoxy) is 1. The Morgan fingerprint density at radius 1 is 1.42 bits per heavy atom. The van der Waals surface area contributed by atoms with Crippen LogP contribution in [0.25, 0.3) is 0 Å². The summed E-state index contributed by atoms with van der Waals surface area (Å²) in [7, 11) is 0. The minimum atomic E-state index is -1.50. The van der Waals surface area contributed by atoms with Gasteiger partial charge in [-0.2, -0.15) is 13.5 Å². The standard InChI is InChI=1S/C10H14N2O6.H2S/c1-10(4-2-11-9(17)12-8(4)16)7(15)6(14)5(3-13)18-10;/h2,5-7,13-15H,3H2,1H3,(H2,11,12,16,17);1H2/t5-,6-,7-,10+;/m1./s1. The van der Waals surface area contributed by atoms with Gasteiger partial charge in [0.05, 0.1) is 12.2 Å². The summed E-state index contributed by atoms with van der Waals surface area (Å²) in [5, 5.41) is 28.6. The van der Waals surface area contributed by atoms with Crippen molar-refractivity contribution in [3.63, 3.8) is 0 Å². The van der Waals surface area contributed by atoms with Crippen LogP contribution in [0.15, 0.2) is 15.8 Å². The molecule has 0 amide bonds. The molecule has 1 aromatic heterocycles. The SMILES string of the molecule is C[C@@]1(c2c[nH]c(=O)[nH]c2=O)O[C@H](CO)[C@@H](O)[C@H]1O.S. The van der Waals surface area contributed by atoms with E-state index in [1.165, 1.54) is 6.92 Å². The van der Waals surface area contributed by atoms with Crippen LogP contribution in [0.4, 0.5) is 0 Å². The van der Waals surface area contributed by atoms with Crippen molar-refractivity contribution in [2.75, 3.05) is 6.61 Å². The molecule has 108 valence electrons. The molecule has 1 saturated heterocycles. The van der Waals surface area contributed by atoms with Gasteiger partial charge in [-0.15, -0.1) is 0 Å². The largest absolute Gasteiger partial charge is 0.394 e. The Bertz CT molecular complexity index is 557. The second-order valence-electron chi connectivity index (χ2n) is 4.37. The van der Waals surface area contributed by atoms with Gasteiger partial charge >= 0.3 is 5.69 Å². The van der Waals surface area contributed by atoms with Crippen molar-refractivity contribution in [1.29, 1.82) is 0 Å². The lowest BCUT2D eigenvalue weighted by Gasteiger charge is -2.26. The molecule has 1 fully saturated rings. The molecule has 1 aromatic rings. The lowest BCUT2D eigenvalue weighted by atomic mass is 9.90. The van der Waals surface area contributed by atoms with E-state index in [4.69, 9.17) is 9.84 Å². The predicted octanol–water partition coefficient (Wildman–Crippen LogP) is -2.50. The van der Waals surface area contributed by atoms with Crippen LogP contribution >= 0.6 is 13.5 Å². The topological polar surface area (TPSA) is 136 Å². The summed E-state index contributed by atoms with van der Waals surface area (Å²) in [6.07, 6.45) is -2.57. The van der Waals surface area contributed by atoms with Crippen LogP contribution in [0.2, 0.25) is 0 Å². The van der Waals surface area contributed by atoms with Crippen molar-refractivity contribution in [1.82, 2.24) is 9.97 Å². The highest BCUT2D eigenvalue weighted by Crippen LogP contribution is 2.37. The van der Waals surface area contributed by atoms with Crippen molar-refractivity contribution in [2.24, 2.45) is 0 Å². The number of nitrogens with one attached hydrogen (secondary N) is 2. The number of hydrogen-bond acceptors (Lipinski definition) is 6. The van der Waals surface area contributed by atoms with E-state index in [1.54, 1.807) is 0 Å². The van der Waals surface area contributed by atoms with Crippen LogP contribution in [-0.2, 0) is 10.3 Å². The van der Waals surface area contributed by atoms with Crippen molar-refractivity contribution >= 4 is 13.5 Å². The number of aliphatic hydroxyl groups excluding tert-OH is 3. The third-order valence-corrected chi connectivity index (χ3v) is 3.20. The molecular formula is C10H16N2O6S. The summed E-state index contributed by atoms with van der Waals surface area (Å²) < 4.78 is 5.34. The maximum absolute atomic E-state index is 11.7. The monoisotopic (exact) mass is 292 g/mol. The number of H-pyrrole nitrogens is 2. The highest BCUT2D eigenvalue weighted by atomic mass is 32.1. The van der Waals surface area contributed by atoms with Gasteiger partial charge in [-0.25, -0.2) is 4.79 Å². The molecule has 0 bridgehead atoms. The minimum absolute atomic E-state index is 0. The van der Waals surface area contributed by atoms with E-state index < -0.39 is 41.8 Å². The van der Waals surface area contributed by atoms with E-state index in [0.717, 1.165) is 6.20 Å². The second kappa shape index (κ2) is 5.47. The number of rotatable bonds is 2. The number of hydrogen-bond donors (Lipinski definition) is 5. The summed E-state index contributed by atoms with van der Waals surface area (Å²) in [6.45, 7) is 0.911. The van der Waals surface area contributed by atoms with E-state index in [1.807, 2.05) is 4.98 Å². The Kier molecular flexibility index (Phi) is 4.59. The van der Waals surface area contributed by atoms with E-state index in [0.29, 0.717) is 0 Å².